The molecule has 146 valence electrons. The number of nitrogens with one attached hydrogen (secondary N) is 2. The molecule has 0 spiro atoms. The highest BCUT2D eigenvalue weighted by atomic mass is 35.5. The van der Waals surface area contributed by atoms with Gasteiger partial charge in [-0.25, -0.2) is 19.3 Å². The summed E-state index contributed by atoms with van der Waals surface area (Å²) in [6.07, 6.45) is -2.50. The molecule has 0 amide bonds. The molecule has 1 aromatic carbocycles. The molecule has 0 bridgehead atoms. The fraction of sp³-hybridized carbons (Fsp3) is 0.176. The van der Waals surface area contributed by atoms with Crippen LogP contribution in [0.5, 0.6) is 0 Å². The highest BCUT2D eigenvalue weighted by Gasteiger charge is 2.32. The van der Waals surface area contributed by atoms with Crippen molar-refractivity contribution in [2.75, 3.05) is 10.6 Å². The first-order valence-corrected chi connectivity index (χ1v) is 8.33. The molecule has 0 aliphatic carbocycles. The molecule has 28 heavy (non-hydrogen) atoms. The van der Waals surface area contributed by atoms with Crippen LogP contribution in [0.4, 0.5) is 29.3 Å². The molecule has 0 saturated carbocycles. The van der Waals surface area contributed by atoms with Gasteiger partial charge in [0.05, 0.1) is 6.20 Å². The predicted octanol–water partition coefficient (Wildman–Crippen LogP) is 4.30. The van der Waals surface area contributed by atoms with Crippen molar-refractivity contribution < 1.29 is 17.6 Å². The number of hydrogen-bond donors (Lipinski definition) is 2. The summed E-state index contributed by atoms with van der Waals surface area (Å²) >= 11 is 5.63. The molecular formula is C17H13ClF4N6. The number of nitrogens with zero attached hydrogens (tertiary/aromatic N) is 4. The molecular weight excluding hydrogens is 400 g/mol. The molecule has 3 aromatic rings. The summed E-state index contributed by atoms with van der Waals surface area (Å²) in [7, 11) is 0. The van der Waals surface area contributed by atoms with E-state index in [1.165, 1.54) is 0 Å². The van der Waals surface area contributed by atoms with Gasteiger partial charge in [0.25, 0.3) is 0 Å². The van der Waals surface area contributed by atoms with Crippen LogP contribution in [0.15, 0.2) is 42.7 Å². The van der Waals surface area contributed by atoms with Crippen LogP contribution in [0.3, 0.4) is 0 Å². The summed E-state index contributed by atoms with van der Waals surface area (Å²) in [5, 5.41) is 5.49. The van der Waals surface area contributed by atoms with E-state index in [9.17, 15) is 17.6 Å². The second-order valence-electron chi connectivity index (χ2n) is 5.62. The minimum Gasteiger partial charge on any atom is -0.363 e. The van der Waals surface area contributed by atoms with Gasteiger partial charge in [-0.15, -0.1) is 0 Å². The van der Waals surface area contributed by atoms with Crippen molar-refractivity contribution in [1.29, 1.82) is 0 Å². The van der Waals surface area contributed by atoms with Crippen LogP contribution < -0.4 is 10.6 Å². The third-order valence-corrected chi connectivity index (χ3v) is 3.78. The maximum Gasteiger partial charge on any atom is 0.433 e. The Hall–Kier alpha value is -3.01. The van der Waals surface area contributed by atoms with Crippen LogP contribution in [-0.2, 0) is 19.3 Å². The fourth-order valence-corrected chi connectivity index (χ4v) is 2.35. The SMILES string of the molecule is Fc1cnc(Cl)nc1NCc1ccc(CNc2nccc(C(F)(F)F)n2)cc1. The highest BCUT2D eigenvalue weighted by molar-refractivity contribution is 6.28. The Morgan fingerprint density at radius 1 is 0.893 bits per heavy atom. The Labute approximate surface area is 162 Å². The van der Waals surface area contributed by atoms with Gasteiger partial charge in [0.1, 0.15) is 5.69 Å². The third-order valence-electron chi connectivity index (χ3n) is 3.59. The van der Waals surface area contributed by atoms with E-state index in [1.807, 2.05) is 0 Å². The summed E-state index contributed by atoms with van der Waals surface area (Å²) in [6, 6.07) is 7.94. The maximum absolute atomic E-state index is 13.6. The molecule has 0 unspecified atom stereocenters. The Kier molecular flexibility index (Phi) is 5.88. The van der Waals surface area contributed by atoms with Gasteiger partial charge < -0.3 is 10.6 Å². The summed E-state index contributed by atoms with van der Waals surface area (Å²) in [5.74, 6) is -0.740. The molecule has 3 rings (SSSR count). The molecule has 2 N–H and O–H groups in total. The summed E-state index contributed by atoms with van der Waals surface area (Å²) < 4.78 is 51.5. The van der Waals surface area contributed by atoms with E-state index in [4.69, 9.17) is 11.6 Å². The number of alkyl halides is 3. The molecule has 0 atom stereocenters. The van der Waals surface area contributed by atoms with E-state index in [1.54, 1.807) is 24.3 Å². The normalized spacial score (nSPS) is 11.3. The average molecular weight is 413 g/mol. The molecule has 0 radical (unpaired) electrons. The molecule has 0 saturated heterocycles. The lowest BCUT2D eigenvalue weighted by Gasteiger charge is -2.10. The van der Waals surface area contributed by atoms with E-state index >= 15 is 0 Å². The number of aromatic nitrogens is 4. The first-order chi connectivity index (χ1) is 13.3. The highest BCUT2D eigenvalue weighted by Crippen LogP contribution is 2.27. The number of rotatable bonds is 6. The van der Waals surface area contributed by atoms with E-state index in [-0.39, 0.29) is 23.6 Å². The van der Waals surface area contributed by atoms with Crippen LogP contribution in [-0.4, -0.2) is 19.9 Å². The standard InChI is InChI=1S/C17H13ClF4N6/c18-15-25-9-12(19)14(28-15)24-7-10-1-3-11(4-2-10)8-26-16-23-6-5-13(27-16)17(20,21)22/h1-6,9H,7-8H2,(H,23,26,27)(H,24,25,28). The van der Waals surface area contributed by atoms with Gasteiger partial charge in [-0.1, -0.05) is 24.3 Å². The maximum atomic E-state index is 13.6. The topological polar surface area (TPSA) is 75.6 Å². The number of halogens is 5. The van der Waals surface area contributed by atoms with Crippen molar-refractivity contribution in [2.45, 2.75) is 19.3 Å². The van der Waals surface area contributed by atoms with Crippen LogP contribution in [0.1, 0.15) is 16.8 Å². The van der Waals surface area contributed by atoms with E-state index in [0.717, 1.165) is 29.6 Å². The van der Waals surface area contributed by atoms with Gasteiger partial charge in [0.2, 0.25) is 11.2 Å². The monoisotopic (exact) mass is 412 g/mol. The second-order valence-corrected chi connectivity index (χ2v) is 5.96. The smallest absolute Gasteiger partial charge is 0.363 e. The van der Waals surface area contributed by atoms with Crippen LogP contribution >= 0.6 is 11.6 Å². The quantitative estimate of drug-likeness (QED) is 0.464. The lowest BCUT2D eigenvalue weighted by atomic mass is 10.1. The predicted molar refractivity (Wildman–Crippen MR) is 95.1 cm³/mol. The zero-order chi connectivity index (χ0) is 20.1. The van der Waals surface area contributed by atoms with E-state index in [2.05, 4.69) is 30.6 Å². The lowest BCUT2D eigenvalue weighted by Crippen LogP contribution is -2.11. The van der Waals surface area contributed by atoms with Gasteiger partial charge in [-0.3, -0.25) is 0 Å². The second kappa shape index (κ2) is 8.34. The molecule has 0 aliphatic heterocycles. The molecule has 0 fully saturated rings. The van der Waals surface area contributed by atoms with Crippen molar-refractivity contribution in [3.05, 3.63) is 70.6 Å². The van der Waals surface area contributed by atoms with Crippen molar-refractivity contribution >= 4 is 23.4 Å². The Balaban J connectivity index is 1.57. The molecule has 0 aliphatic rings. The molecule has 11 heteroatoms. The average Bonchev–Trinajstić information content (AvgIpc) is 2.67. The zero-order valence-corrected chi connectivity index (χ0v) is 14.9. The van der Waals surface area contributed by atoms with E-state index < -0.39 is 17.7 Å². The van der Waals surface area contributed by atoms with E-state index in [0.29, 0.717) is 6.54 Å². The Bertz CT molecular complexity index is 949. The molecule has 2 aromatic heterocycles. The Morgan fingerprint density at radius 3 is 2.18 bits per heavy atom. The Morgan fingerprint density at radius 2 is 1.54 bits per heavy atom. The molecule has 6 nitrogen and oxygen atoms in total. The van der Waals surface area contributed by atoms with Gasteiger partial charge >= 0.3 is 6.18 Å². The summed E-state index contributed by atoms with van der Waals surface area (Å²) in [6.45, 7) is 0.542. The largest absolute Gasteiger partial charge is 0.433 e. The lowest BCUT2D eigenvalue weighted by molar-refractivity contribution is -0.141. The zero-order valence-electron chi connectivity index (χ0n) is 14.1. The van der Waals surface area contributed by atoms with Gasteiger partial charge in [-0.2, -0.15) is 18.2 Å². The minimum atomic E-state index is -4.53. The number of benzene rings is 1. The summed E-state index contributed by atoms with van der Waals surface area (Å²) in [5.41, 5.74) is 0.637. The van der Waals surface area contributed by atoms with Crippen LogP contribution in [0, 0.1) is 5.82 Å². The third kappa shape index (κ3) is 5.26. The van der Waals surface area contributed by atoms with Crippen molar-refractivity contribution in [3.63, 3.8) is 0 Å². The van der Waals surface area contributed by atoms with Crippen molar-refractivity contribution in [2.24, 2.45) is 0 Å². The van der Waals surface area contributed by atoms with Crippen LogP contribution in [0.25, 0.3) is 0 Å². The van der Waals surface area contributed by atoms with Crippen molar-refractivity contribution in [3.8, 4) is 0 Å². The fourth-order valence-electron chi connectivity index (χ4n) is 2.21. The minimum absolute atomic E-state index is 0.00700. The van der Waals surface area contributed by atoms with Gasteiger partial charge in [-0.05, 0) is 28.8 Å². The number of hydrogen-bond acceptors (Lipinski definition) is 6. The van der Waals surface area contributed by atoms with Gasteiger partial charge in [0.15, 0.2) is 11.6 Å². The van der Waals surface area contributed by atoms with Crippen LogP contribution in [0.2, 0.25) is 5.28 Å². The van der Waals surface area contributed by atoms with Gasteiger partial charge in [0, 0.05) is 19.3 Å². The first-order valence-electron chi connectivity index (χ1n) is 7.95. The first kappa shape index (κ1) is 19.7. The summed E-state index contributed by atoms with van der Waals surface area (Å²) in [4.78, 5) is 14.5. The van der Waals surface area contributed by atoms with Crippen molar-refractivity contribution in [1.82, 2.24) is 19.9 Å². The number of anilines is 2. The molecule has 2 heterocycles.